The minimum absolute atomic E-state index is 0.0281. The van der Waals surface area contributed by atoms with E-state index in [1.54, 1.807) is 11.6 Å². The molecule has 2 aromatic rings. The van der Waals surface area contributed by atoms with Gasteiger partial charge in [-0.1, -0.05) is 0 Å². The van der Waals surface area contributed by atoms with Crippen molar-refractivity contribution in [3.05, 3.63) is 41.1 Å². The van der Waals surface area contributed by atoms with Crippen molar-refractivity contribution in [1.29, 1.82) is 0 Å². The van der Waals surface area contributed by atoms with Gasteiger partial charge in [0, 0.05) is 23.2 Å². The molecule has 1 N–H and O–H groups in total. The molecular weight excluding hydrogens is 250 g/mol. The van der Waals surface area contributed by atoms with E-state index >= 15 is 0 Å². The highest BCUT2D eigenvalue weighted by Gasteiger charge is 2.18. The van der Waals surface area contributed by atoms with Gasteiger partial charge in [-0.15, -0.1) is 0 Å². The number of rotatable bonds is 3. The van der Waals surface area contributed by atoms with Crippen molar-refractivity contribution in [1.82, 2.24) is 9.78 Å². The number of aliphatic hydroxyl groups is 1. The van der Waals surface area contributed by atoms with Crippen molar-refractivity contribution in [3.8, 4) is 11.3 Å². The summed E-state index contributed by atoms with van der Waals surface area (Å²) in [6.07, 6.45) is 0. The maximum atomic E-state index is 13.3. The Kier molecular flexibility index (Phi) is 3.66. The van der Waals surface area contributed by atoms with Gasteiger partial charge in [0.2, 0.25) is 0 Å². The van der Waals surface area contributed by atoms with Crippen LogP contribution in [0.4, 0.5) is 8.78 Å². The Morgan fingerprint density at radius 1 is 1.21 bits per heavy atom. The van der Waals surface area contributed by atoms with Crippen LogP contribution in [-0.2, 0) is 6.61 Å². The highest BCUT2D eigenvalue weighted by Crippen LogP contribution is 2.29. The van der Waals surface area contributed by atoms with E-state index in [1.165, 1.54) is 12.1 Å². The molecular formula is C14H16F2N2O. The van der Waals surface area contributed by atoms with Crippen LogP contribution < -0.4 is 0 Å². The van der Waals surface area contributed by atoms with E-state index in [9.17, 15) is 13.9 Å². The number of hydrogen-bond acceptors (Lipinski definition) is 2. The highest BCUT2D eigenvalue weighted by atomic mass is 19.1. The van der Waals surface area contributed by atoms with Gasteiger partial charge >= 0.3 is 0 Å². The van der Waals surface area contributed by atoms with E-state index in [0.29, 0.717) is 17.0 Å². The zero-order chi connectivity index (χ0) is 14.2. The first-order chi connectivity index (χ1) is 8.93. The van der Waals surface area contributed by atoms with Gasteiger partial charge in [0.15, 0.2) is 0 Å². The van der Waals surface area contributed by atoms with Gasteiger partial charge in [-0.3, -0.25) is 4.68 Å². The third kappa shape index (κ3) is 2.51. The molecule has 2 rings (SSSR count). The van der Waals surface area contributed by atoms with Crippen LogP contribution in [0.25, 0.3) is 11.3 Å². The smallest absolute Gasteiger partial charge is 0.126 e. The molecule has 0 radical (unpaired) electrons. The predicted molar refractivity (Wildman–Crippen MR) is 68.6 cm³/mol. The Morgan fingerprint density at radius 3 is 2.26 bits per heavy atom. The highest BCUT2D eigenvalue weighted by molar-refractivity contribution is 5.64. The first-order valence-corrected chi connectivity index (χ1v) is 6.09. The van der Waals surface area contributed by atoms with Crippen molar-refractivity contribution in [3.63, 3.8) is 0 Å². The van der Waals surface area contributed by atoms with Crippen LogP contribution in [0.2, 0.25) is 0 Å². The lowest BCUT2D eigenvalue weighted by atomic mass is 10.1. The molecule has 0 saturated heterocycles. The van der Waals surface area contributed by atoms with Crippen molar-refractivity contribution >= 4 is 0 Å². The second-order valence-electron chi connectivity index (χ2n) is 4.77. The fourth-order valence-corrected chi connectivity index (χ4v) is 2.13. The standard InChI is InChI=1S/C14H16F2N2O/c1-8(2)18-14(9(3)13(7-19)17-18)10-4-11(15)6-12(16)5-10/h4-6,8,19H,7H2,1-3H3. The molecule has 19 heavy (non-hydrogen) atoms. The summed E-state index contributed by atoms with van der Waals surface area (Å²) in [5, 5.41) is 13.6. The maximum Gasteiger partial charge on any atom is 0.126 e. The third-order valence-electron chi connectivity index (χ3n) is 3.02. The van der Waals surface area contributed by atoms with Gasteiger partial charge in [0.05, 0.1) is 18.0 Å². The Morgan fingerprint density at radius 2 is 1.79 bits per heavy atom. The summed E-state index contributed by atoms with van der Waals surface area (Å²) in [5.41, 5.74) is 2.32. The van der Waals surface area contributed by atoms with E-state index in [2.05, 4.69) is 5.10 Å². The third-order valence-corrected chi connectivity index (χ3v) is 3.02. The molecule has 0 aliphatic carbocycles. The second-order valence-corrected chi connectivity index (χ2v) is 4.77. The van der Waals surface area contributed by atoms with Crippen LogP contribution in [-0.4, -0.2) is 14.9 Å². The van der Waals surface area contributed by atoms with Crippen molar-refractivity contribution in [2.45, 2.75) is 33.4 Å². The van der Waals surface area contributed by atoms with Gasteiger partial charge in [0.25, 0.3) is 0 Å². The summed E-state index contributed by atoms with van der Waals surface area (Å²) in [6, 6.07) is 3.41. The number of aromatic nitrogens is 2. The zero-order valence-electron chi connectivity index (χ0n) is 11.1. The molecule has 0 spiro atoms. The molecule has 5 heteroatoms. The van der Waals surface area contributed by atoms with E-state index in [1.807, 2.05) is 13.8 Å². The zero-order valence-corrected chi connectivity index (χ0v) is 11.1. The van der Waals surface area contributed by atoms with Gasteiger partial charge in [0.1, 0.15) is 11.6 Å². The van der Waals surface area contributed by atoms with Gasteiger partial charge < -0.3 is 5.11 Å². The van der Waals surface area contributed by atoms with Crippen LogP contribution in [0.3, 0.4) is 0 Å². The molecule has 1 aromatic carbocycles. The average molecular weight is 266 g/mol. The number of nitrogens with zero attached hydrogens (tertiary/aromatic N) is 2. The lowest BCUT2D eigenvalue weighted by molar-refractivity contribution is 0.274. The predicted octanol–water partition coefficient (Wildman–Crippen LogP) is 3.21. The summed E-state index contributed by atoms with van der Waals surface area (Å²) in [4.78, 5) is 0. The van der Waals surface area contributed by atoms with Crippen LogP contribution in [0.1, 0.15) is 31.1 Å². The molecule has 1 aromatic heterocycles. The Hall–Kier alpha value is -1.75. The molecule has 1 heterocycles. The Balaban J connectivity index is 2.69. The summed E-state index contributed by atoms with van der Waals surface area (Å²) < 4.78 is 28.4. The molecule has 0 bridgehead atoms. The molecule has 0 saturated carbocycles. The normalized spacial score (nSPS) is 11.3. The lowest BCUT2D eigenvalue weighted by Crippen LogP contribution is -2.05. The van der Waals surface area contributed by atoms with Crippen LogP contribution in [0, 0.1) is 18.6 Å². The molecule has 0 aliphatic rings. The minimum atomic E-state index is -0.628. The Bertz CT molecular complexity index is 585. The van der Waals surface area contributed by atoms with Crippen molar-refractivity contribution in [2.75, 3.05) is 0 Å². The molecule has 102 valence electrons. The molecule has 0 unspecified atom stereocenters. The van der Waals surface area contributed by atoms with E-state index in [0.717, 1.165) is 11.6 Å². The van der Waals surface area contributed by atoms with Crippen molar-refractivity contribution in [2.24, 2.45) is 0 Å². The SMILES string of the molecule is Cc1c(CO)nn(C(C)C)c1-c1cc(F)cc(F)c1. The lowest BCUT2D eigenvalue weighted by Gasteiger charge is -2.12. The molecule has 0 aliphatic heterocycles. The van der Waals surface area contributed by atoms with E-state index in [4.69, 9.17) is 0 Å². The molecule has 0 amide bonds. The second kappa shape index (κ2) is 5.09. The van der Waals surface area contributed by atoms with E-state index in [-0.39, 0.29) is 12.6 Å². The average Bonchev–Trinajstić information content (AvgIpc) is 2.65. The van der Waals surface area contributed by atoms with E-state index < -0.39 is 11.6 Å². The molecule has 0 fully saturated rings. The first-order valence-electron chi connectivity index (χ1n) is 6.09. The summed E-state index contributed by atoms with van der Waals surface area (Å²) in [7, 11) is 0. The summed E-state index contributed by atoms with van der Waals surface area (Å²) in [6.45, 7) is 5.44. The number of benzene rings is 1. The fourth-order valence-electron chi connectivity index (χ4n) is 2.13. The Labute approximate surface area is 110 Å². The summed E-state index contributed by atoms with van der Waals surface area (Å²) >= 11 is 0. The van der Waals surface area contributed by atoms with Crippen LogP contribution in [0.5, 0.6) is 0 Å². The number of aliphatic hydroxyl groups excluding tert-OH is 1. The maximum absolute atomic E-state index is 13.3. The quantitative estimate of drug-likeness (QED) is 0.926. The van der Waals surface area contributed by atoms with Gasteiger partial charge in [-0.05, 0) is 32.9 Å². The number of halogens is 2. The van der Waals surface area contributed by atoms with Crippen LogP contribution in [0.15, 0.2) is 18.2 Å². The van der Waals surface area contributed by atoms with Gasteiger partial charge in [-0.25, -0.2) is 8.78 Å². The number of hydrogen-bond donors (Lipinski definition) is 1. The minimum Gasteiger partial charge on any atom is -0.390 e. The largest absolute Gasteiger partial charge is 0.390 e. The fraction of sp³-hybridized carbons (Fsp3) is 0.357. The van der Waals surface area contributed by atoms with Crippen LogP contribution >= 0.6 is 0 Å². The monoisotopic (exact) mass is 266 g/mol. The van der Waals surface area contributed by atoms with Gasteiger partial charge in [-0.2, -0.15) is 5.10 Å². The molecule has 0 atom stereocenters. The van der Waals surface area contributed by atoms with Crippen molar-refractivity contribution < 1.29 is 13.9 Å². The summed E-state index contributed by atoms with van der Waals surface area (Å²) in [5.74, 6) is -1.26. The first kappa shape index (κ1) is 13.7. The molecule has 3 nitrogen and oxygen atoms in total. The topological polar surface area (TPSA) is 38.1 Å².